The Morgan fingerprint density at radius 2 is 1.88 bits per heavy atom. The summed E-state index contributed by atoms with van der Waals surface area (Å²) in [6.45, 7) is 2.23. The highest BCUT2D eigenvalue weighted by Crippen LogP contribution is 2.38. The predicted molar refractivity (Wildman–Crippen MR) is 94.9 cm³/mol. The molecule has 0 saturated carbocycles. The van der Waals surface area contributed by atoms with Gasteiger partial charge in [-0.25, -0.2) is 0 Å². The summed E-state index contributed by atoms with van der Waals surface area (Å²) < 4.78 is 5.11. The number of carbonyl (C=O) groups excluding carboxylic acids is 1. The molecule has 0 bridgehead atoms. The van der Waals surface area contributed by atoms with Crippen molar-refractivity contribution in [2.45, 2.75) is 19.4 Å². The van der Waals surface area contributed by atoms with Crippen molar-refractivity contribution in [2.75, 3.05) is 10.2 Å². The molecule has 24 heavy (non-hydrogen) atoms. The molecule has 1 aromatic heterocycles. The quantitative estimate of drug-likeness (QED) is 0.767. The maximum Gasteiger partial charge on any atom is 0.291 e. The maximum atomic E-state index is 12.0. The monoisotopic (exact) mass is 318 g/mol. The third-order valence-corrected chi connectivity index (χ3v) is 4.36. The summed E-state index contributed by atoms with van der Waals surface area (Å²) in [6, 6.07) is 20.2. The van der Waals surface area contributed by atoms with Gasteiger partial charge in [0, 0.05) is 23.1 Å². The molecule has 4 rings (SSSR count). The van der Waals surface area contributed by atoms with E-state index < -0.39 is 0 Å². The van der Waals surface area contributed by atoms with Gasteiger partial charge in [0.2, 0.25) is 0 Å². The van der Waals surface area contributed by atoms with Crippen LogP contribution in [0.5, 0.6) is 0 Å². The molecule has 4 heteroatoms. The average molecular weight is 318 g/mol. The van der Waals surface area contributed by atoms with Crippen molar-refractivity contribution in [2.24, 2.45) is 0 Å². The van der Waals surface area contributed by atoms with E-state index in [1.807, 2.05) is 24.3 Å². The summed E-state index contributed by atoms with van der Waals surface area (Å²) >= 11 is 0. The molecule has 1 amide bonds. The zero-order valence-corrected chi connectivity index (χ0v) is 13.4. The van der Waals surface area contributed by atoms with Crippen LogP contribution >= 0.6 is 0 Å². The summed E-state index contributed by atoms with van der Waals surface area (Å²) in [6.07, 6.45) is 2.54. The van der Waals surface area contributed by atoms with E-state index in [1.165, 1.54) is 17.5 Å². The molecular formula is C20H18N2O2. The molecule has 1 N–H and O–H groups in total. The number of benzene rings is 2. The van der Waals surface area contributed by atoms with Crippen LogP contribution in [0.4, 0.5) is 17.1 Å². The van der Waals surface area contributed by atoms with E-state index in [0.29, 0.717) is 11.8 Å². The normalized spacial score (nSPS) is 16.0. The molecular weight excluding hydrogens is 300 g/mol. The number of hydrogen-bond donors (Lipinski definition) is 1. The summed E-state index contributed by atoms with van der Waals surface area (Å²) in [5, 5.41) is 2.84. The third-order valence-electron chi connectivity index (χ3n) is 4.36. The highest BCUT2D eigenvalue weighted by Gasteiger charge is 2.26. The number of nitrogens with zero attached hydrogens (tertiary/aromatic N) is 1. The molecule has 0 saturated heterocycles. The van der Waals surface area contributed by atoms with Gasteiger partial charge in [-0.15, -0.1) is 0 Å². The van der Waals surface area contributed by atoms with Gasteiger partial charge in [0.15, 0.2) is 5.76 Å². The van der Waals surface area contributed by atoms with E-state index in [0.717, 1.165) is 17.8 Å². The number of amides is 1. The number of hydrogen-bond acceptors (Lipinski definition) is 3. The fourth-order valence-corrected chi connectivity index (χ4v) is 3.26. The topological polar surface area (TPSA) is 45.5 Å². The Morgan fingerprint density at radius 1 is 1.08 bits per heavy atom. The Kier molecular flexibility index (Phi) is 3.58. The standard InChI is InChI=1S/C20H18N2O2/c1-14-13-15-5-2-3-6-18(15)22(14)17-10-8-16(9-11-17)21-20(23)19-7-4-12-24-19/h2-12,14H,13H2,1H3,(H,21,23). The van der Waals surface area contributed by atoms with Crippen LogP contribution in [-0.2, 0) is 6.42 Å². The van der Waals surface area contributed by atoms with Gasteiger partial charge in [0.1, 0.15) is 0 Å². The molecule has 1 aliphatic rings. The first-order valence-electron chi connectivity index (χ1n) is 8.04. The maximum absolute atomic E-state index is 12.0. The molecule has 2 heterocycles. The van der Waals surface area contributed by atoms with Crippen LogP contribution in [-0.4, -0.2) is 11.9 Å². The number of rotatable bonds is 3. The SMILES string of the molecule is CC1Cc2ccccc2N1c1ccc(NC(=O)c2ccco2)cc1. The lowest BCUT2D eigenvalue weighted by Gasteiger charge is -2.25. The van der Waals surface area contributed by atoms with Crippen LogP contribution in [0.3, 0.4) is 0 Å². The molecule has 3 aromatic rings. The lowest BCUT2D eigenvalue weighted by atomic mass is 10.1. The average Bonchev–Trinajstić information content (AvgIpc) is 3.23. The van der Waals surface area contributed by atoms with E-state index in [9.17, 15) is 4.79 Å². The summed E-state index contributed by atoms with van der Waals surface area (Å²) in [5.74, 6) is 0.0637. The molecule has 0 aliphatic carbocycles. The number of para-hydroxylation sites is 1. The number of furan rings is 1. The number of nitrogens with one attached hydrogen (secondary N) is 1. The van der Waals surface area contributed by atoms with Gasteiger partial charge in [-0.3, -0.25) is 4.79 Å². The molecule has 1 atom stereocenters. The van der Waals surface area contributed by atoms with Gasteiger partial charge >= 0.3 is 0 Å². The molecule has 1 aliphatic heterocycles. The van der Waals surface area contributed by atoms with Crippen molar-refractivity contribution in [3.05, 3.63) is 78.3 Å². The highest BCUT2D eigenvalue weighted by molar-refractivity contribution is 6.02. The van der Waals surface area contributed by atoms with Crippen LogP contribution in [0.15, 0.2) is 71.3 Å². The molecule has 0 spiro atoms. The van der Waals surface area contributed by atoms with Crippen LogP contribution < -0.4 is 10.2 Å². The first-order valence-corrected chi connectivity index (χ1v) is 8.04. The lowest BCUT2D eigenvalue weighted by Crippen LogP contribution is -2.23. The molecule has 2 aromatic carbocycles. The van der Waals surface area contributed by atoms with Crippen molar-refractivity contribution in [3.8, 4) is 0 Å². The van der Waals surface area contributed by atoms with E-state index >= 15 is 0 Å². The Morgan fingerprint density at radius 3 is 2.62 bits per heavy atom. The second kappa shape index (κ2) is 5.89. The van der Waals surface area contributed by atoms with E-state index in [2.05, 4.69) is 41.4 Å². The van der Waals surface area contributed by atoms with Gasteiger partial charge in [-0.05, 0) is 61.4 Å². The minimum Gasteiger partial charge on any atom is -0.459 e. The van der Waals surface area contributed by atoms with Crippen LogP contribution in [0.25, 0.3) is 0 Å². The van der Waals surface area contributed by atoms with Crippen molar-refractivity contribution >= 4 is 23.0 Å². The Balaban J connectivity index is 1.55. The van der Waals surface area contributed by atoms with Gasteiger partial charge in [-0.2, -0.15) is 0 Å². The summed E-state index contributed by atoms with van der Waals surface area (Å²) in [4.78, 5) is 14.4. The van der Waals surface area contributed by atoms with Crippen molar-refractivity contribution < 1.29 is 9.21 Å². The Bertz CT molecular complexity index is 854. The zero-order chi connectivity index (χ0) is 16.5. The number of fused-ring (bicyclic) bond motifs is 1. The van der Waals surface area contributed by atoms with Crippen LogP contribution in [0.1, 0.15) is 23.0 Å². The zero-order valence-electron chi connectivity index (χ0n) is 13.4. The van der Waals surface area contributed by atoms with Crippen LogP contribution in [0, 0.1) is 0 Å². The summed E-state index contributed by atoms with van der Waals surface area (Å²) in [7, 11) is 0. The second-order valence-electron chi connectivity index (χ2n) is 6.03. The Labute approximate surface area is 140 Å². The minimum absolute atomic E-state index is 0.243. The van der Waals surface area contributed by atoms with E-state index in [1.54, 1.807) is 12.1 Å². The van der Waals surface area contributed by atoms with E-state index in [-0.39, 0.29) is 5.91 Å². The predicted octanol–water partition coefficient (Wildman–Crippen LogP) is 4.61. The van der Waals surface area contributed by atoms with Crippen molar-refractivity contribution in [1.29, 1.82) is 0 Å². The van der Waals surface area contributed by atoms with Crippen molar-refractivity contribution in [1.82, 2.24) is 0 Å². The fourth-order valence-electron chi connectivity index (χ4n) is 3.26. The highest BCUT2D eigenvalue weighted by atomic mass is 16.3. The van der Waals surface area contributed by atoms with Gasteiger partial charge in [-0.1, -0.05) is 18.2 Å². The molecule has 120 valence electrons. The van der Waals surface area contributed by atoms with E-state index in [4.69, 9.17) is 4.42 Å². The molecule has 0 radical (unpaired) electrons. The van der Waals surface area contributed by atoms with Gasteiger partial charge in [0.25, 0.3) is 5.91 Å². The molecule has 4 nitrogen and oxygen atoms in total. The number of anilines is 3. The first-order chi connectivity index (χ1) is 11.7. The fraction of sp³-hybridized carbons (Fsp3) is 0.150. The molecule has 1 unspecified atom stereocenters. The lowest BCUT2D eigenvalue weighted by molar-refractivity contribution is 0.0996. The first kappa shape index (κ1) is 14.6. The van der Waals surface area contributed by atoms with Gasteiger partial charge in [0.05, 0.1) is 6.26 Å². The Hall–Kier alpha value is -3.01. The smallest absolute Gasteiger partial charge is 0.291 e. The largest absolute Gasteiger partial charge is 0.459 e. The number of carbonyl (C=O) groups is 1. The van der Waals surface area contributed by atoms with Crippen LogP contribution in [0.2, 0.25) is 0 Å². The van der Waals surface area contributed by atoms with Gasteiger partial charge < -0.3 is 14.6 Å². The third kappa shape index (κ3) is 2.56. The second-order valence-corrected chi connectivity index (χ2v) is 6.03. The van der Waals surface area contributed by atoms with Crippen molar-refractivity contribution in [3.63, 3.8) is 0 Å². The minimum atomic E-state index is -0.243. The summed E-state index contributed by atoms with van der Waals surface area (Å²) in [5.41, 5.74) is 4.52. The molecule has 0 fully saturated rings.